The molecule has 0 radical (unpaired) electrons. The van der Waals surface area contributed by atoms with Crippen molar-refractivity contribution < 1.29 is 9.84 Å². The molecule has 0 amide bonds. The van der Waals surface area contributed by atoms with Gasteiger partial charge in [0.15, 0.2) is 0 Å². The van der Waals surface area contributed by atoms with Crippen molar-refractivity contribution in [3.8, 4) is 0 Å². The third kappa shape index (κ3) is 2.53. The van der Waals surface area contributed by atoms with Gasteiger partial charge in [0.1, 0.15) is 6.10 Å². The lowest BCUT2D eigenvalue weighted by Gasteiger charge is -2.36. The molecule has 1 rings (SSSR count). The summed E-state index contributed by atoms with van der Waals surface area (Å²) < 4.78 is 7.57. The van der Waals surface area contributed by atoms with Crippen LogP contribution in [0.5, 0.6) is 0 Å². The molecule has 0 spiro atoms. The lowest BCUT2D eigenvalue weighted by Crippen LogP contribution is -2.39. The molecule has 1 aromatic rings. The van der Waals surface area contributed by atoms with E-state index in [-0.39, 0.29) is 0 Å². The van der Waals surface area contributed by atoms with Gasteiger partial charge < -0.3 is 9.84 Å². The van der Waals surface area contributed by atoms with Gasteiger partial charge in [-0.25, -0.2) is 0 Å². The Morgan fingerprint density at radius 1 is 1.41 bits per heavy atom. The van der Waals surface area contributed by atoms with E-state index >= 15 is 0 Å². The Morgan fingerprint density at radius 2 is 2.00 bits per heavy atom. The molecule has 17 heavy (non-hydrogen) atoms. The van der Waals surface area contributed by atoms with Crippen LogP contribution in [0.15, 0.2) is 6.20 Å². The number of aromatic nitrogens is 2. The fourth-order valence-corrected chi connectivity index (χ4v) is 2.41. The van der Waals surface area contributed by atoms with Gasteiger partial charge in [-0.05, 0) is 32.3 Å². The lowest BCUT2D eigenvalue weighted by atomic mass is 9.87. The van der Waals surface area contributed by atoms with Gasteiger partial charge in [-0.2, -0.15) is 5.10 Å². The van der Waals surface area contributed by atoms with Crippen molar-refractivity contribution in [1.29, 1.82) is 0 Å². The van der Waals surface area contributed by atoms with Crippen LogP contribution in [-0.4, -0.2) is 27.1 Å². The first kappa shape index (κ1) is 14.2. The number of rotatable bonds is 6. The Bertz CT molecular complexity index is 337. The summed E-state index contributed by atoms with van der Waals surface area (Å²) in [7, 11) is 1.85. The van der Waals surface area contributed by atoms with E-state index in [4.69, 9.17) is 4.74 Å². The number of hydrogen-bond donors (Lipinski definition) is 1. The minimum atomic E-state index is -0.634. The summed E-state index contributed by atoms with van der Waals surface area (Å²) >= 11 is 0. The number of aliphatic hydroxyl groups excluding tert-OH is 1. The van der Waals surface area contributed by atoms with Crippen LogP contribution in [0.4, 0.5) is 0 Å². The van der Waals surface area contributed by atoms with E-state index in [9.17, 15) is 5.11 Å². The number of ether oxygens (including phenoxy) is 1. The Balaban J connectivity index is 3.11. The molecular formula is C13H24N2O2. The van der Waals surface area contributed by atoms with Crippen LogP contribution in [0.3, 0.4) is 0 Å². The van der Waals surface area contributed by atoms with Gasteiger partial charge >= 0.3 is 0 Å². The molecule has 0 aromatic carbocycles. The molecule has 1 atom stereocenters. The highest BCUT2D eigenvalue weighted by Gasteiger charge is 2.38. The summed E-state index contributed by atoms with van der Waals surface area (Å²) in [6.45, 7) is 8.63. The van der Waals surface area contributed by atoms with Crippen LogP contribution < -0.4 is 0 Å². The molecule has 0 aliphatic carbocycles. The van der Waals surface area contributed by atoms with Crippen LogP contribution in [0.2, 0.25) is 0 Å². The average Bonchev–Trinajstić information content (AvgIpc) is 2.65. The Labute approximate surface area is 104 Å². The van der Waals surface area contributed by atoms with Crippen LogP contribution in [0.1, 0.15) is 51.0 Å². The predicted molar refractivity (Wildman–Crippen MR) is 67.8 cm³/mol. The molecular weight excluding hydrogens is 216 g/mol. The second-order valence-corrected chi connectivity index (χ2v) is 4.44. The highest BCUT2D eigenvalue weighted by Crippen LogP contribution is 2.36. The van der Waals surface area contributed by atoms with Gasteiger partial charge in [0.25, 0.3) is 0 Å². The van der Waals surface area contributed by atoms with Crippen molar-refractivity contribution >= 4 is 0 Å². The summed E-state index contributed by atoms with van der Waals surface area (Å²) in [4.78, 5) is 0. The maximum absolute atomic E-state index is 10.6. The molecule has 4 nitrogen and oxygen atoms in total. The SMILES string of the molecule is CCOC(CC)(CC)C(O)c1c(C)cnn1C. The molecule has 0 saturated heterocycles. The summed E-state index contributed by atoms with van der Waals surface area (Å²) in [6, 6.07) is 0. The number of nitrogens with zero attached hydrogens (tertiary/aromatic N) is 2. The van der Waals surface area contributed by atoms with E-state index in [1.54, 1.807) is 10.9 Å². The molecule has 0 fully saturated rings. The normalized spacial score (nSPS) is 14.0. The molecule has 1 N–H and O–H groups in total. The van der Waals surface area contributed by atoms with E-state index in [2.05, 4.69) is 5.10 Å². The minimum absolute atomic E-state index is 0.507. The van der Waals surface area contributed by atoms with E-state index in [1.807, 2.05) is 34.7 Å². The largest absolute Gasteiger partial charge is 0.384 e. The van der Waals surface area contributed by atoms with Gasteiger partial charge in [0.2, 0.25) is 0 Å². The number of aliphatic hydroxyl groups is 1. The van der Waals surface area contributed by atoms with Gasteiger partial charge in [0, 0.05) is 13.7 Å². The molecule has 1 aromatic heterocycles. The van der Waals surface area contributed by atoms with Gasteiger partial charge in [0.05, 0.1) is 17.5 Å². The second kappa shape index (κ2) is 5.65. The minimum Gasteiger partial charge on any atom is -0.384 e. The first-order valence-corrected chi connectivity index (χ1v) is 6.32. The zero-order valence-electron chi connectivity index (χ0n) is 11.5. The van der Waals surface area contributed by atoms with Crippen molar-refractivity contribution in [3.63, 3.8) is 0 Å². The van der Waals surface area contributed by atoms with Crippen LogP contribution in [0, 0.1) is 6.92 Å². The fourth-order valence-electron chi connectivity index (χ4n) is 2.41. The molecule has 0 aliphatic rings. The first-order valence-electron chi connectivity index (χ1n) is 6.32. The monoisotopic (exact) mass is 240 g/mol. The Hall–Kier alpha value is -0.870. The standard InChI is InChI=1S/C13H24N2O2/c1-6-13(7-2,17-8-3)12(16)11-10(4)9-14-15(11)5/h9,12,16H,6-8H2,1-5H3. The molecule has 98 valence electrons. The molecule has 0 aliphatic heterocycles. The summed E-state index contributed by atoms with van der Waals surface area (Å²) in [5, 5.41) is 14.8. The summed E-state index contributed by atoms with van der Waals surface area (Å²) in [5.41, 5.74) is 1.35. The lowest BCUT2D eigenvalue weighted by molar-refractivity contribution is -0.130. The quantitative estimate of drug-likeness (QED) is 0.830. The molecule has 0 bridgehead atoms. The fraction of sp³-hybridized carbons (Fsp3) is 0.769. The summed E-state index contributed by atoms with van der Waals surface area (Å²) in [6.07, 6.45) is 2.71. The van der Waals surface area contributed by atoms with Crippen molar-refractivity contribution in [1.82, 2.24) is 9.78 Å². The van der Waals surface area contributed by atoms with Crippen LogP contribution >= 0.6 is 0 Å². The topological polar surface area (TPSA) is 47.3 Å². The number of aryl methyl sites for hydroxylation is 2. The third-order valence-corrected chi connectivity index (χ3v) is 3.56. The average molecular weight is 240 g/mol. The predicted octanol–water partition coefficient (Wildman–Crippen LogP) is 2.36. The number of hydrogen-bond acceptors (Lipinski definition) is 3. The maximum atomic E-state index is 10.6. The molecule has 1 unspecified atom stereocenters. The zero-order valence-corrected chi connectivity index (χ0v) is 11.5. The smallest absolute Gasteiger partial charge is 0.125 e. The van der Waals surface area contributed by atoms with Crippen molar-refractivity contribution in [3.05, 3.63) is 17.5 Å². The van der Waals surface area contributed by atoms with E-state index in [0.29, 0.717) is 6.61 Å². The first-order chi connectivity index (χ1) is 8.02. The van der Waals surface area contributed by atoms with Crippen molar-refractivity contribution in [2.45, 2.75) is 52.2 Å². The van der Waals surface area contributed by atoms with Crippen molar-refractivity contribution in [2.75, 3.05) is 6.61 Å². The van der Waals surface area contributed by atoms with E-state index < -0.39 is 11.7 Å². The Morgan fingerprint density at radius 3 is 2.35 bits per heavy atom. The zero-order chi connectivity index (χ0) is 13.1. The molecule has 4 heteroatoms. The highest BCUT2D eigenvalue weighted by molar-refractivity contribution is 5.21. The third-order valence-electron chi connectivity index (χ3n) is 3.56. The Kier molecular flexibility index (Phi) is 4.71. The van der Waals surface area contributed by atoms with Crippen LogP contribution in [-0.2, 0) is 11.8 Å². The molecule has 1 heterocycles. The highest BCUT2D eigenvalue weighted by atomic mass is 16.5. The maximum Gasteiger partial charge on any atom is 0.125 e. The second-order valence-electron chi connectivity index (χ2n) is 4.44. The summed E-state index contributed by atoms with van der Waals surface area (Å²) in [5.74, 6) is 0. The van der Waals surface area contributed by atoms with E-state index in [1.165, 1.54) is 0 Å². The van der Waals surface area contributed by atoms with Gasteiger partial charge in [-0.1, -0.05) is 13.8 Å². The van der Waals surface area contributed by atoms with Crippen molar-refractivity contribution in [2.24, 2.45) is 7.05 Å². The van der Waals surface area contributed by atoms with Gasteiger partial charge in [-0.15, -0.1) is 0 Å². The molecule has 0 saturated carbocycles. The van der Waals surface area contributed by atoms with Crippen LogP contribution in [0.25, 0.3) is 0 Å². The van der Waals surface area contributed by atoms with E-state index in [0.717, 1.165) is 24.1 Å². The van der Waals surface area contributed by atoms with Gasteiger partial charge in [-0.3, -0.25) is 4.68 Å².